The molecule has 0 fully saturated rings. The van der Waals surface area contributed by atoms with Crippen molar-refractivity contribution in [2.45, 2.75) is 19.4 Å². The molecule has 0 unspecified atom stereocenters. The first kappa shape index (κ1) is 11.8. The van der Waals surface area contributed by atoms with Crippen molar-refractivity contribution in [1.29, 1.82) is 5.26 Å². The second-order valence-electron chi connectivity index (χ2n) is 2.79. The van der Waals surface area contributed by atoms with Crippen LogP contribution in [0.2, 0.25) is 5.02 Å². The molecule has 0 aliphatic rings. The first-order valence-electron chi connectivity index (χ1n) is 4.13. The van der Waals surface area contributed by atoms with Crippen LogP contribution >= 0.6 is 11.6 Å². The van der Waals surface area contributed by atoms with Gasteiger partial charge >= 0.3 is 0 Å². The highest BCUT2D eigenvalue weighted by Gasteiger charge is 2.18. The molecule has 1 aromatic rings. The van der Waals surface area contributed by atoms with E-state index in [1.54, 1.807) is 0 Å². The minimum absolute atomic E-state index is 0.0480. The quantitative estimate of drug-likeness (QED) is 0.867. The molecule has 0 spiro atoms. The normalized spacial score (nSPS) is 10.4. The van der Waals surface area contributed by atoms with Gasteiger partial charge in [0.25, 0.3) is 6.43 Å². The molecular formula is C9H8ClF2N3. The van der Waals surface area contributed by atoms with Crippen LogP contribution in [0.5, 0.6) is 0 Å². The summed E-state index contributed by atoms with van der Waals surface area (Å²) >= 11 is 5.75. The topological polar surface area (TPSA) is 62.7 Å². The highest BCUT2D eigenvalue weighted by molar-refractivity contribution is 6.31. The lowest BCUT2D eigenvalue weighted by Gasteiger charge is -2.11. The van der Waals surface area contributed by atoms with Crippen molar-refractivity contribution in [2.24, 2.45) is 5.73 Å². The van der Waals surface area contributed by atoms with Gasteiger partial charge in [0.2, 0.25) is 0 Å². The molecule has 15 heavy (non-hydrogen) atoms. The maximum absolute atomic E-state index is 12.5. The molecule has 0 amide bonds. The molecule has 0 saturated carbocycles. The van der Waals surface area contributed by atoms with Crippen LogP contribution in [-0.4, -0.2) is 4.98 Å². The van der Waals surface area contributed by atoms with Gasteiger partial charge in [-0.1, -0.05) is 11.6 Å². The van der Waals surface area contributed by atoms with E-state index in [-0.39, 0.29) is 23.6 Å². The number of nitriles is 1. The second-order valence-corrected chi connectivity index (χ2v) is 3.20. The van der Waals surface area contributed by atoms with Crippen LogP contribution in [0, 0.1) is 11.3 Å². The molecule has 0 radical (unpaired) electrons. The number of aromatic nitrogens is 1. The molecule has 1 aromatic heterocycles. The Kier molecular flexibility index (Phi) is 3.95. The number of pyridine rings is 1. The summed E-state index contributed by atoms with van der Waals surface area (Å²) in [6, 6.07) is 1.85. The van der Waals surface area contributed by atoms with Crippen LogP contribution in [0.4, 0.5) is 8.78 Å². The summed E-state index contributed by atoms with van der Waals surface area (Å²) in [6.07, 6.45) is -1.64. The number of hydrogen-bond acceptors (Lipinski definition) is 3. The van der Waals surface area contributed by atoms with Crippen molar-refractivity contribution in [3.8, 4) is 6.07 Å². The van der Waals surface area contributed by atoms with E-state index in [4.69, 9.17) is 22.6 Å². The Morgan fingerprint density at radius 1 is 1.53 bits per heavy atom. The number of hydrogen-bond donors (Lipinski definition) is 1. The lowest BCUT2D eigenvalue weighted by atomic mass is 10.0. The fourth-order valence-electron chi connectivity index (χ4n) is 1.27. The second kappa shape index (κ2) is 5.01. The predicted octanol–water partition coefficient (Wildman–Crippen LogP) is 2.20. The van der Waals surface area contributed by atoms with E-state index in [9.17, 15) is 8.78 Å². The van der Waals surface area contributed by atoms with Gasteiger partial charge in [0.15, 0.2) is 0 Å². The van der Waals surface area contributed by atoms with Crippen LogP contribution in [0.15, 0.2) is 6.20 Å². The molecule has 3 nitrogen and oxygen atoms in total. The SMILES string of the molecule is N#CCc1c(Cl)cnc(C(F)F)c1CN. The van der Waals surface area contributed by atoms with Gasteiger partial charge in [-0.15, -0.1) is 0 Å². The van der Waals surface area contributed by atoms with E-state index in [1.807, 2.05) is 6.07 Å². The van der Waals surface area contributed by atoms with E-state index in [0.717, 1.165) is 6.20 Å². The Balaban J connectivity index is 3.34. The lowest BCUT2D eigenvalue weighted by molar-refractivity contribution is 0.144. The van der Waals surface area contributed by atoms with Crippen molar-refractivity contribution in [3.05, 3.63) is 28.0 Å². The molecule has 0 aliphatic heterocycles. The summed E-state index contributed by atoms with van der Waals surface area (Å²) in [5.74, 6) is 0. The number of halogens is 3. The summed E-state index contributed by atoms with van der Waals surface area (Å²) in [7, 11) is 0. The Labute approximate surface area is 90.5 Å². The Bertz CT molecular complexity index is 401. The van der Waals surface area contributed by atoms with Gasteiger partial charge in [-0.2, -0.15) is 5.26 Å². The minimum Gasteiger partial charge on any atom is -0.326 e. The summed E-state index contributed by atoms with van der Waals surface area (Å²) in [4.78, 5) is 3.52. The number of nitrogens with two attached hydrogens (primary N) is 1. The average Bonchev–Trinajstić information content (AvgIpc) is 2.20. The smallest absolute Gasteiger partial charge is 0.280 e. The largest absolute Gasteiger partial charge is 0.326 e. The highest BCUT2D eigenvalue weighted by atomic mass is 35.5. The van der Waals surface area contributed by atoms with Crippen LogP contribution in [0.1, 0.15) is 23.2 Å². The first-order valence-corrected chi connectivity index (χ1v) is 4.51. The van der Waals surface area contributed by atoms with Crippen LogP contribution < -0.4 is 5.73 Å². The van der Waals surface area contributed by atoms with Gasteiger partial charge in [0.1, 0.15) is 5.69 Å². The first-order chi connectivity index (χ1) is 7.11. The van der Waals surface area contributed by atoms with Gasteiger partial charge in [0, 0.05) is 12.7 Å². The van der Waals surface area contributed by atoms with Crippen molar-refractivity contribution in [2.75, 3.05) is 0 Å². The third-order valence-electron chi connectivity index (χ3n) is 1.95. The van der Waals surface area contributed by atoms with E-state index >= 15 is 0 Å². The molecule has 80 valence electrons. The fourth-order valence-corrected chi connectivity index (χ4v) is 1.50. The lowest BCUT2D eigenvalue weighted by Crippen LogP contribution is -2.09. The molecule has 0 aliphatic carbocycles. The fraction of sp³-hybridized carbons (Fsp3) is 0.333. The summed E-state index contributed by atoms with van der Waals surface area (Å²) in [5.41, 5.74) is 5.46. The van der Waals surface area contributed by atoms with Gasteiger partial charge in [0.05, 0.1) is 17.5 Å². The molecule has 2 N–H and O–H groups in total. The van der Waals surface area contributed by atoms with E-state index in [0.29, 0.717) is 5.56 Å². The zero-order valence-corrected chi connectivity index (χ0v) is 8.43. The van der Waals surface area contributed by atoms with Gasteiger partial charge in [-0.25, -0.2) is 8.78 Å². The van der Waals surface area contributed by atoms with E-state index < -0.39 is 12.1 Å². The third-order valence-corrected chi connectivity index (χ3v) is 2.27. The van der Waals surface area contributed by atoms with E-state index in [1.165, 1.54) is 0 Å². The van der Waals surface area contributed by atoms with Gasteiger partial charge in [-0.05, 0) is 11.1 Å². The Hall–Kier alpha value is -1.25. The summed E-state index contributed by atoms with van der Waals surface area (Å²) < 4.78 is 25.0. The monoisotopic (exact) mass is 231 g/mol. The summed E-state index contributed by atoms with van der Waals surface area (Å²) in [5, 5.41) is 8.73. The molecule has 6 heteroatoms. The predicted molar refractivity (Wildman–Crippen MR) is 51.4 cm³/mol. The standard InChI is InChI=1S/C9H8ClF2N3/c10-7-4-15-8(9(11)12)6(3-14)5(7)1-2-13/h4,9H,1,3,14H2. The van der Waals surface area contributed by atoms with Crippen LogP contribution in [0.25, 0.3) is 0 Å². The minimum atomic E-state index is -2.71. The number of alkyl halides is 2. The third kappa shape index (κ3) is 2.41. The van der Waals surface area contributed by atoms with Crippen LogP contribution in [-0.2, 0) is 13.0 Å². The molecule has 1 rings (SSSR count). The van der Waals surface area contributed by atoms with Crippen molar-refractivity contribution in [3.63, 3.8) is 0 Å². The molecule has 0 atom stereocenters. The van der Waals surface area contributed by atoms with Crippen molar-refractivity contribution in [1.82, 2.24) is 4.98 Å². The molecular weight excluding hydrogens is 224 g/mol. The summed E-state index contributed by atoms with van der Waals surface area (Å²) in [6.45, 7) is -0.107. The van der Waals surface area contributed by atoms with Gasteiger partial charge < -0.3 is 5.73 Å². The number of rotatable bonds is 3. The maximum Gasteiger partial charge on any atom is 0.280 e. The van der Waals surface area contributed by atoms with Gasteiger partial charge in [-0.3, -0.25) is 4.98 Å². The van der Waals surface area contributed by atoms with Crippen molar-refractivity contribution < 1.29 is 8.78 Å². The van der Waals surface area contributed by atoms with Crippen LogP contribution in [0.3, 0.4) is 0 Å². The number of nitrogens with zero attached hydrogens (tertiary/aromatic N) is 2. The molecule has 0 saturated heterocycles. The maximum atomic E-state index is 12.5. The highest BCUT2D eigenvalue weighted by Crippen LogP contribution is 2.27. The average molecular weight is 232 g/mol. The van der Waals surface area contributed by atoms with Crippen molar-refractivity contribution >= 4 is 11.6 Å². The zero-order valence-electron chi connectivity index (χ0n) is 7.67. The molecule has 0 aromatic carbocycles. The Morgan fingerprint density at radius 3 is 2.67 bits per heavy atom. The molecule has 0 bridgehead atoms. The Morgan fingerprint density at radius 2 is 2.20 bits per heavy atom. The van der Waals surface area contributed by atoms with E-state index in [2.05, 4.69) is 4.98 Å². The molecule has 1 heterocycles. The zero-order chi connectivity index (χ0) is 11.4.